The topological polar surface area (TPSA) is 439 Å². The van der Waals surface area contributed by atoms with Gasteiger partial charge < -0.3 is 80.4 Å². The number of fused-ring (bicyclic) bond motifs is 2. The number of hydrogen-bond donors (Lipinski definition) is 13. The van der Waals surface area contributed by atoms with E-state index in [4.69, 9.17) is 28.7 Å². The molecule has 2 fully saturated rings. The van der Waals surface area contributed by atoms with Crippen LogP contribution < -0.4 is 60.2 Å². The number of aliphatic imine (C=N–C) groups is 2. The second-order valence-electron chi connectivity index (χ2n) is 19.2. The number of likely N-dealkylation sites (tertiary alicyclic amines) is 2. The number of para-hydroxylation sites is 1. The minimum Gasteiger partial charge on any atom is -0.480 e. The van der Waals surface area contributed by atoms with E-state index < -0.39 is 127 Å². The van der Waals surface area contributed by atoms with Crippen LogP contribution in [0.4, 0.5) is 5.69 Å². The molecule has 9 atom stereocenters. The van der Waals surface area contributed by atoms with Crippen LogP contribution in [-0.2, 0) is 49.6 Å². The summed E-state index contributed by atoms with van der Waals surface area (Å²) in [5.74, 6) is -8.21. The van der Waals surface area contributed by atoms with Gasteiger partial charge in [0.2, 0.25) is 41.4 Å². The van der Waals surface area contributed by atoms with Gasteiger partial charge in [0.25, 0.3) is 5.91 Å². The van der Waals surface area contributed by atoms with Gasteiger partial charge in [0.15, 0.2) is 11.9 Å². The van der Waals surface area contributed by atoms with Gasteiger partial charge in [-0.3, -0.25) is 58.0 Å². The third kappa shape index (κ3) is 15.5. The van der Waals surface area contributed by atoms with E-state index in [1.54, 1.807) is 36.4 Å². The number of aryl methyl sites for hydroxylation is 1. The van der Waals surface area contributed by atoms with Crippen LogP contribution in [0.15, 0.2) is 63.4 Å². The first-order valence-electron chi connectivity index (χ1n) is 25.3. The van der Waals surface area contributed by atoms with Gasteiger partial charge in [-0.15, -0.1) is 11.8 Å². The zero-order valence-electron chi connectivity index (χ0n) is 42.4. The number of rotatable bonds is 24. The first kappa shape index (κ1) is 58.7. The van der Waals surface area contributed by atoms with Crippen LogP contribution in [-0.4, -0.2) is 190 Å². The lowest BCUT2D eigenvalue weighted by Crippen LogP contribution is -2.60. The van der Waals surface area contributed by atoms with E-state index in [0.717, 1.165) is 20.9 Å². The monoisotopic (exact) mass is 1090 g/mol. The molecule has 28 heteroatoms. The van der Waals surface area contributed by atoms with Crippen molar-refractivity contribution in [1.29, 1.82) is 0 Å². The summed E-state index contributed by atoms with van der Waals surface area (Å²) in [6.45, 7) is -2.06. The number of benzene rings is 2. The predicted molar refractivity (Wildman–Crippen MR) is 281 cm³/mol. The highest BCUT2D eigenvalue weighted by molar-refractivity contribution is 7.99. The Balaban J connectivity index is 1.10. The number of hydrogen-bond acceptors (Lipinski definition) is 15. The van der Waals surface area contributed by atoms with Crippen molar-refractivity contribution in [2.45, 2.75) is 117 Å². The van der Waals surface area contributed by atoms with Crippen molar-refractivity contribution in [2.24, 2.45) is 38.7 Å². The fourth-order valence-corrected chi connectivity index (χ4v) is 11.0. The van der Waals surface area contributed by atoms with Gasteiger partial charge in [0.05, 0.1) is 31.0 Å². The van der Waals surface area contributed by atoms with E-state index in [1.807, 2.05) is 12.1 Å². The Labute approximate surface area is 447 Å². The highest BCUT2D eigenvalue weighted by Crippen LogP contribution is 2.36. The number of carboxylic acids is 1. The van der Waals surface area contributed by atoms with Crippen LogP contribution in [0.2, 0.25) is 0 Å². The number of β-amino-alcohol motifs (C(OH)–C–C–N with tert-alkyl or cyclic N) is 1. The molecule has 418 valence electrons. The number of nitrogens with two attached hydrogens (primary N) is 5. The van der Waals surface area contributed by atoms with Crippen molar-refractivity contribution in [3.63, 3.8) is 0 Å². The van der Waals surface area contributed by atoms with Crippen molar-refractivity contribution >= 4 is 82.6 Å². The summed E-state index contributed by atoms with van der Waals surface area (Å²) in [5.41, 5.74) is 29.9. The molecule has 77 heavy (non-hydrogen) atoms. The Hall–Kier alpha value is -7.56. The Bertz CT molecular complexity index is 2580. The maximum atomic E-state index is 14.4. The molecule has 27 nitrogen and oxygen atoms in total. The number of thioether (sulfide) groups is 1. The summed E-state index contributed by atoms with van der Waals surface area (Å²) in [6, 6.07) is 5.16. The minimum atomic E-state index is -1.63. The Morgan fingerprint density at radius 2 is 1.48 bits per heavy atom. The number of anilines is 1. The number of aliphatic hydroxyl groups excluding tert-OH is 2. The molecule has 0 spiro atoms. The van der Waals surface area contributed by atoms with Gasteiger partial charge in [-0.25, -0.2) is 0 Å². The molecular weight excluding hydrogens is 1020 g/mol. The van der Waals surface area contributed by atoms with Crippen LogP contribution in [0.25, 0.3) is 0 Å². The van der Waals surface area contributed by atoms with Crippen LogP contribution in [0.3, 0.4) is 0 Å². The Kier molecular flexibility index (Phi) is 20.9. The fourth-order valence-electron chi connectivity index (χ4n) is 9.95. The summed E-state index contributed by atoms with van der Waals surface area (Å²) in [7, 11) is 0. The van der Waals surface area contributed by atoms with Crippen molar-refractivity contribution in [3.05, 3.63) is 59.7 Å². The lowest BCUT2D eigenvalue weighted by Gasteiger charge is -2.33. The zero-order valence-corrected chi connectivity index (χ0v) is 43.2. The van der Waals surface area contributed by atoms with Crippen molar-refractivity contribution in [3.8, 4) is 0 Å². The number of guanidine groups is 2. The van der Waals surface area contributed by atoms with Crippen molar-refractivity contribution in [1.82, 2.24) is 36.4 Å². The van der Waals surface area contributed by atoms with E-state index in [1.165, 1.54) is 16.7 Å². The minimum absolute atomic E-state index is 0.00409. The molecule has 2 aromatic carbocycles. The summed E-state index contributed by atoms with van der Waals surface area (Å²) in [4.78, 5) is 135. The van der Waals surface area contributed by atoms with Crippen LogP contribution in [0.1, 0.15) is 68.4 Å². The van der Waals surface area contributed by atoms with Crippen LogP contribution >= 0.6 is 11.8 Å². The van der Waals surface area contributed by atoms with E-state index >= 15 is 0 Å². The lowest BCUT2D eigenvalue weighted by molar-refractivity contribution is -0.148. The van der Waals surface area contributed by atoms with Gasteiger partial charge in [-0.1, -0.05) is 36.4 Å². The molecule has 8 amide bonds. The molecule has 6 rings (SSSR count). The number of nitrogens with one attached hydrogen (secondary N) is 5. The number of carbonyl (C=O) groups excluding carboxylic acids is 8. The second-order valence-corrected chi connectivity index (χ2v) is 20.2. The van der Waals surface area contributed by atoms with Gasteiger partial charge in [0, 0.05) is 49.2 Å². The first-order valence-corrected chi connectivity index (χ1v) is 26.3. The maximum absolute atomic E-state index is 14.4. The molecule has 18 N–H and O–H groups in total. The number of aliphatic carboxylic acids is 1. The van der Waals surface area contributed by atoms with Gasteiger partial charge >= 0.3 is 5.97 Å². The van der Waals surface area contributed by atoms with E-state index in [2.05, 4.69) is 36.6 Å². The third-order valence-electron chi connectivity index (χ3n) is 13.7. The van der Waals surface area contributed by atoms with Crippen LogP contribution in [0.5, 0.6) is 0 Å². The molecule has 3 unspecified atom stereocenters. The number of aliphatic hydroxyl groups is 2. The van der Waals surface area contributed by atoms with Gasteiger partial charge in [-0.2, -0.15) is 0 Å². The average Bonchev–Trinajstić information content (AvgIpc) is 4.16. The molecule has 1 aliphatic carbocycles. The normalized spacial score (nSPS) is 21.2. The molecule has 0 saturated carbocycles. The largest absolute Gasteiger partial charge is 0.480 e. The first-order chi connectivity index (χ1) is 36.8. The van der Waals surface area contributed by atoms with E-state index in [-0.39, 0.29) is 76.0 Å². The molecule has 3 aliphatic heterocycles. The average molecular weight is 1090 g/mol. The van der Waals surface area contributed by atoms with Gasteiger partial charge in [-0.05, 0) is 74.6 Å². The number of amides is 8. The zero-order chi connectivity index (χ0) is 55.9. The summed E-state index contributed by atoms with van der Waals surface area (Å²) in [6.07, 6.45) is 1.13. The lowest BCUT2D eigenvalue weighted by atomic mass is 9.92. The molecule has 0 radical (unpaired) electrons. The third-order valence-corrected chi connectivity index (χ3v) is 14.9. The second kappa shape index (κ2) is 27.5. The Morgan fingerprint density at radius 1 is 0.805 bits per heavy atom. The fraction of sp³-hybridized carbons (Fsp3) is 0.531. The highest BCUT2D eigenvalue weighted by atomic mass is 32.2. The maximum Gasteiger partial charge on any atom is 0.323 e. The SMILES string of the molecule is NC(N)=NCCC[C@@H](N)C(=O)N[C@@H](CCCN=C(N)N)C(=O)N1CCC[C@H]1C(=O)N1CC(O)C[C@H]1C(=O)NCC(=O)NC(C(=O)N[C@@H](CO)C(=O)N[C@@H]1CSc2ccccc2N(CC(=O)O)C1=O)C1CCc2ccccc21. The molecule has 4 aliphatic rings. The van der Waals surface area contributed by atoms with Crippen molar-refractivity contribution in [2.75, 3.05) is 56.5 Å². The summed E-state index contributed by atoms with van der Waals surface area (Å²) >= 11 is 1.21. The standard InChI is InChI=1S/C49H69N15O12S/c50-30(10-5-17-55-48(51)52)41(70)58-31(11-6-18-56-49(53)54)45(74)62-19-7-13-35(62)47(76)63-22-27(66)20-36(63)43(72)57-21-38(67)61-40(29-16-15-26-8-1-2-9-28(26)29)44(73)59-32(24-65)42(71)60-33-25-77-37-14-4-3-12-34(37)64(46(33)75)23-39(68)69/h1-4,8-9,12,14,27,29-33,35-36,40,65-66H,5-7,10-11,13,15-25,50H2,(H,57,72)(H,58,70)(H,59,73)(H,60,71)(H,61,67)(H,68,69)(H4,51,52,55)(H4,53,54,56)/t27?,29?,30-,31+,32+,33-,35+,36+,40?/m1/s1. The quantitative estimate of drug-likeness (QED) is 0.0267. The van der Waals surface area contributed by atoms with E-state index in [0.29, 0.717) is 36.3 Å². The molecule has 0 bridgehead atoms. The van der Waals surface area contributed by atoms with Gasteiger partial charge in [0.1, 0.15) is 42.8 Å². The Morgan fingerprint density at radius 3 is 2.18 bits per heavy atom. The van der Waals surface area contributed by atoms with Crippen LogP contribution in [0, 0.1) is 0 Å². The predicted octanol–water partition coefficient (Wildman–Crippen LogP) is -4.63. The smallest absolute Gasteiger partial charge is 0.323 e. The molecule has 0 aromatic heterocycles. The highest BCUT2D eigenvalue weighted by Gasteiger charge is 2.46. The number of carboxylic acid groups (broad SMARTS) is 1. The van der Waals surface area contributed by atoms with E-state index in [9.17, 15) is 58.5 Å². The number of carbonyl (C=O) groups is 9. The summed E-state index contributed by atoms with van der Waals surface area (Å²) < 4.78 is 0. The summed E-state index contributed by atoms with van der Waals surface area (Å²) in [5, 5.41) is 43.8. The molecule has 2 aromatic rings. The molecular formula is C49H69N15O12S. The molecule has 2 saturated heterocycles. The molecule has 3 heterocycles. The number of nitrogens with zero attached hydrogens (tertiary/aromatic N) is 5. The van der Waals surface area contributed by atoms with Crippen molar-refractivity contribution < 1.29 is 58.5 Å².